The second-order valence-electron chi connectivity index (χ2n) is 7.00. The molecule has 1 aromatic carbocycles. The first kappa shape index (κ1) is 21.7. The van der Waals surface area contributed by atoms with Gasteiger partial charge in [-0.1, -0.05) is 18.5 Å². The van der Waals surface area contributed by atoms with E-state index in [0.29, 0.717) is 18.8 Å². The van der Waals surface area contributed by atoms with Crippen LogP contribution in [0.5, 0.6) is 0 Å². The van der Waals surface area contributed by atoms with Crippen LogP contribution < -0.4 is 11.1 Å². The first-order valence-electron chi connectivity index (χ1n) is 9.00. The fourth-order valence-electron chi connectivity index (χ4n) is 3.14. The summed E-state index contributed by atoms with van der Waals surface area (Å²) in [7, 11) is -3.81. The van der Waals surface area contributed by atoms with Crippen LogP contribution in [0.25, 0.3) is 0 Å². The zero-order valence-electron chi connectivity index (χ0n) is 15.7. The highest BCUT2D eigenvalue weighted by Gasteiger charge is 2.31. The average Bonchev–Trinajstić information content (AvgIpc) is 3.07. The van der Waals surface area contributed by atoms with E-state index in [4.69, 9.17) is 17.3 Å². The molecule has 11 heteroatoms. The number of benzene rings is 1. The fraction of sp³-hybridized carbons (Fsp3) is 0.389. The number of halogens is 1. The van der Waals surface area contributed by atoms with Crippen molar-refractivity contribution < 1.29 is 18.0 Å². The molecule has 2 amide bonds. The molecule has 3 rings (SSSR count). The summed E-state index contributed by atoms with van der Waals surface area (Å²) < 4.78 is 27.5. The van der Waals surface area contributed by atoms with Crippen molar-refractivity contribution in [2.75, 3.05) is 18.4 Å². The first-order valence-corrected chi connectivity index (χ1v) is 11.7. The van der Waals surface area contributed by atoms with Crippen molar-refractivity contribution in [3.63, 3.8) is 0 Å². The van der Waals surface area contributed by atoms with Crippen molar-refractivity contribution in [3.05, 3.63) is 39.9 Å². The lowest BCUT2D eigenvalue weighted by molar-refractivity contribution is -0.117. The third kappa shape index (κ3) is 5.13. The van der Waals surface area contributed by atoms with Crippen LogP contribution in [0.15, 0.2) is 28.5 Å². The Labute approximate surface area is 178 Å². The predicted molar refractivity (Wildman–Crippen MR) is 112 cm³/mol. The second kappa shape index (κ2) is 8.78. The third-order valence-electron chi connectivity index (χ3n) is 4.56. The van der Waals surface area contributed by atoms with E-state index in [2.05, 4.69) is 10.3 Å². The van der Waals surface area contributed by atoms with Crippen LogP contribution in [0.4, 0.5) is 5.13 Å². The number of aromatic nitrogens is 1. The zero-order chi connectivity index (χ0) is 21.2. The summed E-state index contributed by atoms with van der Waals surface area (Å²) >= 11 is 7.31. The number of nitrogens with one attached hydrogen (secondary N) is 1. The molecule has 0 aliphatic carbocycles. The molecule has 0 spiro atoms. The van der Waals surface area contributed by atoms with Crippen LogP contribution >= 0.6 is 22.9 Å². The van der Waals surface area contributed by atoms with Gasteiger partial charge in [0.05, 0.1) is 17.1 Å². The van der Waals surface area contributed by atoms with Gasteiger partial charge < -0.3 is 5.73 Å². The molecule has 1 atom stereocenters. The van der Waals surface area contributed by atoms with Gasteiger partial charge >= 0.3 is 0 Å². The number of hydrogen-bond acceptors (Lipinski definition) is 6. The van der Waals surface area contributed by atoms with E-state index in [0.717, 1.165) is 24.2 Å². The molecule has 1 saturated heterocycles. The topological polar surface area (TPSA) is 122 Å². The van der Waals surface area contributed by atoms with Gasteiger partial charge in [0.1, 0.15) is 4.90 Å². The summed E-state index contributed by atoms with van der Waals surface area (Å²) in [5.74, 6) is -0.777. The predicted octanol–water partition coefficient (Wildman–Crippen LogP) is 2.50. The fourth-order valence-corrected chi connectivity index (χ4v) is 5.94. The van der Waals surface area contributed by atoms with E-state index in [9.17, 15) is 18.0 Å². The molecule has 2 heterocycles. The van der Waals surface area contributed by atoms with Crippen molar-refractivity contribution in [3.8, 4) is 0 Å². The molecule has 1 fully saturated rings. The van der Waals surface area contributed by atoms with Gasteiger partial charge in [0.2, 0.25) is 15.9 Å². The molecule has 2 aromatic rings. The number of primary amides is 1. The normalized spacial score (nSPS) is 17.8. The van der Waals surface area contributed by atoms with Gasteiger partial charge in [-0.25, -0.2) is 13.4 Å². The van der Waals surface area contributed by atoms with Gasteiger partial charge in [-0.2, -0.15) is 4.31 Å². The Kier molecular flexibility index (Phi) is 6.57. The number of carbonyl (C=O) groups excluding carboxylic acids is 2. The van der Waals surface area contributed by atoms with E-state index in [-0.39, 0.29) is 33.0 Å². The summed E-state index contributed by atoms with van der Waals surface area (Å²) in [6, 6.07) is 4.13. The Morgan fingerprint density at radius 2 is 2.17 bits per heavy atom. The van der Waals surface area contributed by atoms with Gasteiger partial charge in [0.15, 0.2) is 5.13 Å². The van der Waals surface area contributed by atoms with E-state index < -0.39 is 21.8 Å². The Morgan fingerprint density at radius 1 is 1.41 bits per heavy atom. The number of carbonyl (C=O) groups is 2. The van der Waals surface area contributed by atoms with Crippen molar-refractivity contribution in [1.29, 1.82) is 0 Å². The number of nitrogens with zero attached hydrogens (tertiary/aromatic N) is 2. The van der Waals surface area contributed by atoms with Crippen LogP contribution in [0.2, 0.25) is 5.02 Å². The first-order chi connectivity index (χ1) is 13.7. The highest BCUT2D eigenvalue weighted by Crippen LogP contribution is 2.29. The van der Waals surface area contributed by atoms with Gasteiger partial charge in [-0.05, 0) is 37.0 Å². The molecule has 8 nitrogen and oxygen atoms in total. The van der Waals surface area contributed by atoms with Crippen molar-refractivity contribution in [2.24, 2.45) is 11.7 Å². The van der Waals surface area contributed by atoms with E-state index >= 15 is 0 Å². The quantitative estimate of drug-likeness (QED) is 0.691. The van der Waals surface area contributed by atoms with Crippen LogP contribution in [0, 0.1) is 5.92 Å². The van der Waals surface area contributed by atoms with Gasteiger partial charge in [-0.15, -0.1) is 11.3 Å². The number of sulfonamides is 1. The minimum atomic E-state index is -3.81. The summed E-state index contributed by atoms with van der Waals surface area (Å²) in [5, 5.41) is 4.58. The minimum absolute atomic E-state index is 0.0238. The smallest absolute Gasteiger partial charge is 0.257 e. The van der Waals surface area contributed by atoms with E-state index in [1.165, 1.54) is 22.5 Å². The van der Waals surface area contributed by atoms with Crippen LogP contribution in [-0.2, 0) is 21.2 Å². The van der Waals surface area contributed by atoms with E-state index in [1.807, 2.05) is 6.92 Å². The number of hydrogen-bond donors (Lipinski definition) is 2. The monoisotopic (exact) mass is 456 g/mol. The maximum Gasteiger partial charge on any atom is 0.257 e. The molecule has 1 aromatic heterocycles. The van der Waals surface area contributed by atoms with Gasteiger partial charge in [0, 0.05) is 24.0 Å². The lowest BCUT2D eigenvalue weighted by Gasteiger charge is -2.30. The largest absolute Gasteiger partial charge is 0.369 e. The molecule has 1 aliphatic heterocycles. The van der Waals surface area contributed by atoms with Crippen molar-refractivity contribution in [2.45, 2.75) is 31.1 Å². The minimum Gasteiger partial charge on any atom is -0.369 e. The molecule has 1 unspecified atom stereocenters. The molecule has 29 heavy (non-hydrogen) atoms. The lowest BCUT2D eigenvalue weighted by atomic mass is 10.0. The highest BCUT2D eigenvalue weighted by atomic mass is 35.5. The Hall–Kier alpha value is -2.01. The molecular weight excluding hydrogens is 436 g/mol. The molecule has 0 bridgehead atoms. The number of nitrogens with two attached hydrogens (primary N) is 1. The van der Waals surface area contributed by atoms with Gasteiger partial charge in [0.25, 0.3) is 5.91 Å². The SMILES string of the molecule is CC1CCCN(S(=O)(=O)c2cc(C(=O)Nc3nc(CC(N)=O)cs3)ccc2Cl)C1. The summed E-state index contributed by atoms with van der Waals surface area (Å²) in [6.45, 7) is 2.87. The Morgan fingerprint density at radius 3 is 2.86 bits per heavy atom. The summed E-state index contributed by atoms with van der Waals surface area (Å²) in [6.07, 6.45) is 1.74. The van der Waals surface area contributed by atoms with Gasteiger partial charge in [-0.3, -0.25) is 14.9 Å². The summed E-state index contributed by atoms with van der Waals surface area (Å²) in [4.78, 5) is 27.6. The number of rotatable bonds is 6. The molecular formula is C18H21ClN4O4S2. The van der Waals surface area contributed by atoms with Crippen LogP contribution in [0.3, 0.4) is 0 Å². The Balaban J connectivity index is 1.81. The molecule has 156 valence electrons. The molecule has 0 saturated carbocycles. The number of thiazole rings is 1. The van der Waals surface area contributed by atoms with Crippen LogP contribution in [-0.4, -0.2) is 42.6 Å². The zero-order valence-corrected chi connectivity index (χ0v) is 18.1. The third-order valence-corrected chi connectivity index (χ3v) is 7.71. The van der Waals surface area contributed by atoms with E-state index in [1.54, 1.807) is 5.38 Å². The number of anilines is 1. The number of amides is 2. The second-order valence-corrected chi connectivity index (χ2v) is 10.2. The lowest BCUT2D eigenvalue weighted by Crippen LogP contribution is -2.39. The molecule has 0 radical (unpaired) electrons. The number of piperidine rings is 1. The highest BCUT2D eigenvalue weighted by molar-refractivity contribution is 7.89. The Bertz CT molecular complexity index is 1040. The molecule has 3 N–H and O–H groups in total. The maximum atomic E-state index is 13.0. The maximum absolute atomic E-state index is 13.0. The van der Waals surface area contributed by atoms with Crippen molar-refractivity contribution in [1.82, 2.24) is 9.29 Å². The average molecular weight is 457 g/mol. The molecule has 1 aliphatic rings. The summed E-state index contributed by atoms with van der Waals surface area (Å²) in [5.41, 5.74) is 5.73. The van der Waals surface area contributed by atoms with Crippen molar-refractivity contribution >= 4 is 49.9 Å². The van der Waals surface area contributed by atoms with Crippen LogP contribution in [0.1, 0.15) is 35.8 Å². The standard InChI is InChI=1S/C18H21ClN4O4S2/c1-11-3-2-6-23(9-11)29(26,27)15-7-12(4-5-14(15)19)17(25)22-18-21-13(10-28-18)8-16(20)24/h4-5,7,10-11H,2-3,6,8-9H2,1H3,(H2,20,24)(H,21,22,25).